The number of hydrogen-bond acceptors (Lipinski definition) is 4. The van der Waals surface area contributed by atoms with E-state index in [1.807, 2.05) is 24.3 Å². The normalized spacial score (nSPS) is 20.2. The number of para-hydroxylation sites is 1. The first-order chi connectivity index (χ1) is 11.6. The molecule has 1 aromatic heterocycles. The van der Waals surface area contributed by atoms with E-state index in [4.69, 9.17) is 11.6 Å². The number of nitrogens with zero attached hydrogens (tertiary/aromatic N) is 2. The molecule has 4 rings (SSSR count). The molecule has 2 heterocycles. The van der Waals surface area contributed by atoms with E-state index in [1.54, 1.807) is 23.2 Å². The van der Waals surface area contributed by atoms with Crippen LogP contribution in [0.15, 0.2) is 54.7 Å². The zero-order valence-electron chi connectivity index (χ0n) is 12.3. The van der Waals surface area contributed by atoms with E-state index in [0.29, 0.717) is 5.69 Å². The summed E-state index contributed by atoms with van der Waals surface area (Å²) in [5, 5.41) is 11.9. The summed E-state index contributed by atoms with van der Waals surface area (Å²) in [6, 6.07) is 13.3. The van der Waals surface area contributed by atoms with Gasteiger partial charge in [-0.2, -0.15) is 0 Å². The molecular weight excluding hydrogens is 330 g/mol. The number of nitrogens with one attached hydrogen (secondary N) is 1. The van der Waals surface area contributed by atoms with E-state index in [2.05, 4.69) is 4.98 Å². The maximum atomic E-state index is 12.4. The van der Waals surface area contributed by atoms with Crippen LogP contribution in [0.4, 0.5) is 11.4 Å². The molecule has 0 radical (unpaired) electrons. The number of aromatic amines is 1. The predicted molar refractivity (Wildman–Crippen MR) is 91.3 cm³/mol. The van der Waals surface area contributed by atoms with Crippen LogP contribution >= 0.6 is 11.6 Å². The van der Waals surface area contributed by atoms with Gasteiger partial charge in [0.2, 0.25) is 0 Å². The molecule has 24 heavy (non-hydrogen) atoms. The Kier molecular flexibility index (Phi) is 3.28. The van der Waals surface area contributed by atoms with Gasteiger partial charge < -0.3 is 9.88 Å². The van der Waals surface area contributed by atoms with Gasteiger partial charge in [-0.25, -0.2) is 0 Å². The zero-order valence-corrected chi connectivity index (χ0v) is 13.1. The second-order valence-corrected chi connectivity index (χ2v) is 6.03. The lowest BCUT2D eigenvalue weighted by Crippen LogP contribution is -2.56. The number of ketones is 1. The van der Waals surface area contributed by atoms with Gasteiger partial charge in [-0.05, 0) is 12.1 Å². The van der Waals surface area contributed by atoms with Gasteiger partial charge in [0.25, 0.3) is 5.69 Å². The number of alkyl halides is 1. The molecule has 7 heteroatoms. The number of nitro benzene ring substituents is 1. The molecule has 1 aliphatic heterocycles. The Hall–Kier alpha value is -2.86. The van der Waals surface area contributed by atoms with Crippen LogP contribution in [0.1, 0.15) is 11.6 Å². The van der Waals surface area contributed by atoms with E-state index in [1.165, 1.54) is 12.1 Å². The first kappa shape index (κ1) is 14.7. The Bertz CT molecular complexity index is 968. The fraction of sp³-hybridized carbons (Fsp3) is 0.118. The Morgan fingerprint density at radius 3 is 2.75 bits per heavy atom. The van der Waals surface area contributed by atoms with Gasteiger partial charge in [0, 0.05) is 40.5 Å². The summed E-state index contributed by atoms with van der Waals surface area (Å²) in [4.78, 5) is 27.8. The summed E-state index contributed by atoms with van der Waals surface area (Å²) < 4.78 is 0. The van der Waals surface area contributed by atoms with Crippen molar-refractivity contribution in [2.24, 2.45) is 0 Å². The molecule has 6 nitrogen and oxygen atoms in total. The van der Waals surface area contributed by atoms with Gasteiger partial charge in [-0.15, -0.1) is 0 Å². The third kappa shape index (κ3) is 2.07. The lowest BCUT2D eigenvalue weighted by atomic mass is 9.91. The van der Waals surface area contributed by atoms with Gasteiger partial charge >= 0.3 is 0 Å². The SMILES string of the molecule is O=C1[C@H](Cl)N(c2cccc([N+](=O)[O-])c2)[C@@H]1c1c[nH]c2ccccc12. The van der Waals surface area contributed by atoms with E-state index in [0.717, 1.165) is 16.5 Å². The number of benzene rings is 2. The van der Waals surface area contributed by atoms with Crippen LogP contribution in [-0.4, -0.2) is 21.2 Å². The molecular formula is C17H12ClN3O3. The standard InChI is InChI=1S/C17H12ClN3O3/c18-17-16(22)15(13-9-19-14-7-2-1-6-12(13)14)20(17)10-4-3-5-11(8-10)21(23)24/h1-9,15,17,19H/t15-,17-/m1/s1. The molecule has 0 saturated carbocycles. The Labute approximate surface area is 141 Å². The maximum Gasteiger partial charge on any atom is 0.271 e. The molecule has 0 unspecified atom stereocenters. The van der Waals surface area contributed by atoms with Crippen molar-refractivity contribution in [1.82, 2.24) is 4.98 Å². The number of H-pyrrole nitrogens is 1. The number of non-ortho nitro benzene ring substituents is 1. The molecule has 0 aliphatic carbocycles. The minimum absolute atomic E-state index is 0.0339. The van der Waals surface area contributed by atoms with E-state index < -0.39 is 16.5 Å². The van der Waals surface area contributed by atoms with Crippen LogP contribution in [0, 0.1) is 10.1 Å². The summed E-state index contributed by atoms with van der Waals surface area (Å²) in [6.45, 7) is 0. The molecule has 0 spiro atoms. The van der Waals surface area contributed by atoms with Crippen LogP contribution in [0.3, 0.4) is 0 Å². The number of anilines is 1. The molecule has 3 aromatic rings. The number of Topliss-reactive ketones (excluding diaryl/α,β-unsaturated/α-hetero) is 1. The number of rotatable bonds is 3. The minimum atomic E-state index is -0.828. The average molecular weight is 342 g/mol. The van der Waals surface area contributed by atoms with E-state index in [9.17, 15) is 14.9 Å². The quantitative estimate of drug-likeness (QED) is 0.340. The highest BCUT2D eigenvalue weighted by Crippen LogP contribution is 2.44. The van der Waals surface area contributed by atoms with Crippen molar-refractivity contribution < 1.29 is 9.72 Å². The zero-order chi connectivity index (χ0) is 16.8. The molecule has 1 N–H and O–H groups in total. The van der Waals surface area contributed by atoms with Gasteiger partial charge in [0.05, 0.1) is 4.92 Å². The number of aromatic nitrogens is 1. The van der Waals surface area contributed by atoms with Gasteiger partial charge in [-0.3, -0.25) is 14.9 Å². The topological polar surface area (TPSA) is 79.2 Å². The van der Waals surface area contributed by atoms with Crippen molar-refractivity contribution in [2.75, 3.05) is 4.90 Å². The summed E-state index contributed by atoms with van der Waals surface area (Å²) in [7, 11) is 0. The van der Waals surface area contributed by atoms with Crippen molar-refractivity contribution in [3.8, 4) is 0 Å². The van der Waals surface area contributed by atoms with Gasteiger partial charge in [-0.1, -0.05) is 35.9 Å². The maximum absolute atomic E-state index is 12.4. The fourth-order valence-corrected chi connectivity index (χ4v) is 3.47. The third-order valence-electron chi connectivity index (χ3n) is 4.28. The lowest BCUT2D eigenvalue weighted by molar-refractivity contribution is -0.384. The molecule has 0 amide bonds. The van der Waals surface area contributed by atoms with Crippen molar-refractivity contribution in [2.45, 2.75) is 11.5 Å². The first-order valence-corrected chi connectivity index (χ1v) is 7.78. The number of halogens is 1. The number of fused-ring (bicyclic) bond motifs is 1. The number of nitro groups is 1. The van der Waals surface area contributed by atoms with Crippen molar-refractivity contribution in [3.05, 3.63) is 70.4 Å². The highest BCUT2D eigenvalue weighted by molar-refractivity contribution is 6.37. The van der Waals surface area contributed by atoms with Gasteiger partial charge in [0.15, 0.2) is 11.3 Å². The summed E-state index contributed by atoms with van der Waals surface area (Å²) in [5.41, 5.74) is 1.44. The molecule has 1 fully saturated rings. The van der Waals surface area contributed by atoms with Crippen LogP contribution in [-0.2, 0) is 4.79 Å². The highest BCUT2D eigenvalue weighted by atomic mass is 35.5. The van der Waals surface area contributed by atoms with Crippen LogP contribution in [0.2, 0.25) is 0 Å². The van der Waals surface area contributed by atoms with Crippen molar-refractivity contribution >= 4 is 39.7 Å². The highest BCUT2D eigenvalue weighted by Gasteiger charge is 2.48. The third-order valence-corrected chi connectivity index (χ3v) is 4.71. The van der Waals surface area contributed by atoms with Gasteiger partial charge in [0.1, 0.15) is 6.04 Å². The largest absolute Gasteiger partial charge is 0.361 e. The van der Waals surface area contributed by atoms with Crippen LogP contribution in [0.25, 0.3) is 10.9 Å². The summed E-state index contributed by atoms with van der Waals surface area (Å²) in [6.07, 6.45) is 1.79. The second-order valence-electron chi connectivity index (χ2n) is 5.61. The molecule has 1 aliphatic rings. The Balaban J connectivity index is 1.79. The first-order valence-electron chi connectivity index (χ1n) is 7.34. The fourth-order valence-electron chi connectivity index (χ4n) is 3.12. The Morgan fingerprint density at radius 1 is 1.17 bits per heavy atom. The molecule has 0 bridgehead atoms. The molecule has 120 valence electrons. The average Bonchev–Trinajstić information content (AvgIpc) is 3.02. The minimum Gasteiger partial charge on any atom is -0.361 e. The lowest BCUT2D eigenvalue weighted by Gasteiger charge is -2.45. The number of carbonyl (C=O) groups excluding carboxylic acids is 1. The monoisotopic (exact) mass is 341 g/mol. The Morgan fingerprint density at radius 2 is 1.96 bits per heavy atom. The summed E-state index contributed by atoms with van der Waals surface area (Å²) in [5.74, 6) is -0.118. The number of carbonyl (C=O) groups is 1. The molecule has 2 atom stereocenters. The van der Waals surface area contributed by atoms with Crippen molar-refractivity contribution in [1.29, 1.82) is 0 Å². The second kappa shape index (κ2) is 5.35. The van der Waals surface area contributed by atoms with Crippen molar-refractivity contribution in [3.63, 3.8) is 0 Å². The molecule has 2 aromatic carbocycles. The summed E-state index contributed by atoms with van der Waals surface area (Å²) >= 11 is 6.19. The smallest absolute Gasteiger partial charge is 0.271 e. The predicted octanol–water partition coefficient (Wildman–Crippen LogP) is 3.77. The number of hydrogen-bond donors (Lipinski definition) is 1. The van der Waals surface area contributed by atoms with E-state index in [-0.39, 0.29) is 11.5 Å². The molecule has 1 saturated heterocycles. The van der Waals surface area contributed by atoms with E-state index >= 15 is 0 Å². The van der Waals surface area contributed by atoms with Crippen LogP contribution in [0.5, 0.6) is 0 Å². The van der Waals surface area contributed by atoms with Crippen LogP contribution < -0.4 is 4.90 Å².